The maximum Gasteiger partial charge on any atom is 0.174 e. The van der Waals surface area contributed by atoms with E-state index < -0.39 is 6.04 Å². The number of thiocarbonyl (C=S) groups is 1. The monoisotopic (exact) mass is 463 g/mol. The highest BCUT2D eigenvalue weighted by molar-refractivity contribution is 7.80. The summed E-state index contributed by atoms with van der Waals surface area (Å²) in [5.74, 6) is 0.970. The first-order valence-corrected chi connectivity index (χ1v) is 10.9. The molecule has 0 aliphatic carbocycles. The van der Waals surface area contributed by atoms with Crippen LogP contribution in [0.2, 0.25) is 5.02 Å². The zero-order valence-corrected chi connectivity index (χ0v) is 18.7. The van der Waals surface area contributed by atoms with E-state index in [1.807, 2.05) is 55.5 Å². The fourth-order valence-corrected chi connectivity index (χ4v) is 4.58. The molecule has 32 heavy (non-hydrogen) atoms. The van der Waals surface area contributed by atoms with Crippen molar-refractivity contribution in [3.05, 3.63) is 107 Å². The number of aryl methyl sites for hydroxylation is 1. The minimum absolute atomic E-state index is 0.317. The van der Waals surface area contributed by atoms with Crippen LogP contribution in [0.5, 0.6) is 0 Å². The Labute approximate surface area is 195 Å². The lowest BCUT2D eigenvalue weighted by atomic mass is 10.0. The Morgan fingerprint density at radius 3 is 2.66 bits per heavy atom. The summed E-state index contributed by atoms with van der Waals surface area (Å²) in [6.45, 7) is 2.00. The number of anilines is 1. The van der Waals surface area contributed by atoms with Crippen molar-refractivity contribution < 1.29 is 8.81 Å². The van der Waals surface area contributed by atoms with Crippen LogP contribution in [0, 0.1) is 12.7 Å². The van der Waals surface area contributed by atoms with E-state index in [0.29, 0.717) is 27.3 Å². The van der Waals surface area contributed by atoms with Crippen LogP contribution in [-0.2, 0) is 0 Å². The molecule has 2 aromatic carbocycles. The molecule has 1 saturated heterocycles. The van der Waals surface area contributed by atoms with Crippen molar-refractivity contribution in [1.29, 1.82) is 0 Å². The Morgan fingerprint density at radius 1 is 1.06 bits per heavy atom. The SMILES string of the molecule is Cc1ccc(Cl)cc1-c1ccc([C@@H]2[C@@H](c3ccccn3)NC(=S)N2c2ccccc2F)o1. The van der Waals surface area contributed by atoms with Crippen LogP contribution in [0.1, 0.15) is 29.1 Å². The van der Waals surface area contributed by atoms with Crippen LogP contribution in [0.3, 0.4) is 0 Å². The van der Waals surface area contributed by atoms with Crippen molar-refractivity contribution in [2.45, 2.75) is 19.0 Å². The van der Waals surface area contributed by atoms with Crippen molar-refractivity contribution in [3.8, 4) is 11.3 Å². The molecule has 3 heterocycles. The van der Waals surface area contributed by atoms with E-state index in [2.05, 4.69) is 10.3 Å². The highest BCUT2D eigenvalue weighted by atomic mass is 35.5. The fourth-order valence-electron chi connectivity index (χ4n) is 4.07. The molecule has 0 amide bonds. The second kappa shape index (κ2) is 8.37. The van der Waals surface area contributed by atoms with E-state index in [9.17, 15) is 4.39 Å². The number of nitrogens with one attached hydrogen (secondary N) is 1. The van der Waals surface area contributed by atoms with Gasteiger partial charge in [0.25, 0.3) is 0 Å². The smallest absolute Gasteiger partial charge is 0.174 e. The largest absolute Gasteiger partial charge is 0.459 e. The first-order chi connectivity index (χ1) is 15.5. The molecule has 1 aliphatic rings. The van der Waals surface area contributed by atoms with Crippen LogP contribution < -0.4 is 10.2 Å². The lowest BCUT2D eigenvalue weighted by Gasteiger charge is -2.26. The van der Waals surface area contributed by atoms with Gasteiger partial charge in [0.1, 0.15) is 23.4 Å². The fraction of sp³-hybridized carbons (Fsp3) is 0.120. The third-order valence-corrected chi connectivity index (χ3v) is 6.14. The number of para-hydroxylation sites is 1. The number of aromatic nitrogens is 1. The lowest BCUT2D eigenvalue weighted by molar-refractivity contribution is 0.437. The lowest BCUT2D eigenvalue weighted by Crippen LogP contribution is -2.30. The van der Waals surface area contributed by atoms with Gasteiger partial charge in [0.15, 0.2) is 5.11 Å². The molecular formula is C25H19ClFN3OS. The summed E-state index contributed by atoms with van der Waals surface area (Å²) in [4.78, 5) is 6.27. The van der Waals surface area contributed by atoms with Gasteiger partial charge in [-0.15, -0.1) is 0 Å². The zero-order chi connectivity index (χ0) is 22.2. The number of hydrogen-bond donors (Lipinski definition) is 1. The molecule has 0 bridgehead atoms. The highest BCUT2D eigenvalue weighted by Gasteiger charge is 2.43. The number of hydrogen-bond acceptors (Lipinski definition) is 3. The minimum atomic E-state index is -0.428. The molecule has 0 saturated carbocycles. The molecule has 160 valence electrons. The molecule has 0 unspecified atom stereocenters. The van der Waals surface area contributed by atoms with Crippen molar-refractivity contribution in [2.75, 3.05) is 4.90 Å². The van der Waals surface area contributed by atoms with Crippen molar-refractivity contribution >= 4 is 34.6 Å². The number of benzene rings is 2. The number of nitrogens with zero attached hydrogens (tertiary/aromatic N) is 2. The predicted octanol–water partition coefficient (Wildman–Crippen LogP) is 6.62. The van der Waals surface area contributed by atoms with Gasteiger partial charge >= 0.3 is 0 Å². The molecule has 2 aromatic heterocycles. The molecule has 0 radical (unpaired) electrons. The number of rotatable bonds is 4. The van der Waals surface area contributed by atoms with Gasteiger partial charge in [0.05, 0.1) is 17.4 Å². The van der Waals surface area contributed by atoms with Crippen molar-refractivity contribution in [3.63, 3.8) is 0 Å². The average molecular weight is 464 g/mol. The predicted molar refractivity (Wildman–Crippen MR) is 128 cm³/mol. The Hall–Kier alpha value is -3.22. The Bertz CT molecular complexity index is 1290. The summed E-state index contributed by atoms with van der Waals surface area (Å²) >= 11 is 11.9. The van der Waals surface area contributed by atoms with E-state index in [0.717, 1.165) is 16.8 Å². The number of halogens is 2. The summed E-state index contributed by atoms with van der Waals surface area (Å²) < 4.78 is 21.1. The summed E-state index contributed by atoms with van der Waals surface area (Å²) in [5, 5.41) is 4.35. The maximum atomic E-state index is 14.8. The summed E-state index contributed by atoms with van der Waals surface area (Å²) in [6.07, 6.45) is 1.73. The van der Waals surface area contributed by atoms with E-state index in [1.165, 1.54) is 6.07 Å². The van der Waals surface area contributed by atoms with E-state index in [-0.39, 0.29) is 11.9 Å². The van der Waals surface area contributed by atoms with Crippen LogP contribution in [0.15, 0.2) is 83.4 Å². The van der Waals surface area contributed by atoms with E-state index in [4.69, 9.17) is 28.2 Å². The van der Waals surface area contributed by atoms with E-state index in [1.54, 1.807) is 29.3 Å². The van der Waals surface area contributed by atoms with Gasteiger partial charge in [0, 0.05) is 16.8 Å². The third-order valence-electron chi connectivity index (χ3n) is 5.59. The number of furan rings is 1. The summed E-state index contributed by atoms with van der Waals surface area (Å²) in [5.41, 5.74) is 3.12. The molecule has 2 atom stereocenters. The quantitative estimate of drug-likeness (QED) is 0.344. The molecule has 1 aliphatic heterocycles. The summed E-state index contributed by atoms with van der Waals surface area (Å²) in [6, 6.07) is 21.0. The Morgan fingerprint density at radius 2 is 1.88 bits per heavy atom. The molecule has 1 fully saturated rings. The molecule has 5 rings (SSSR count). The molecular weight excluding hydrogens is 445 g/mol. The number of pyridine rings is 1. The van der Waals surface area contributed by atoms with Gasteiger partial charge in [-0.2, -0.15) is 0 Å². The Balaban J connectivity index is 1.63. The molecule has 0 spiro atoms. The Kier molecular flexibility index (Phi) is 5.41. The van der Waals surface area contributed by atoms with Gasteiger partial charge in [-0.05, 0) is 73.2 Å². The third kappa shape index (κ3) is 3.66. The zero-order valence-electron chi connectivity index (χ0n) is 17.1. The van der Waals surface area contributed by atoms with Gasteiger partial charge in [0.2, 0.25) is 0 Å². The molecule has 4 nitrogen and oxygen atoms in total. The summed E-state index contributed by atoms with van der Waals surface area (Å²) in [7, 11) is 0. The minimum Gasteiger partial charge on any atom is -0.459 e. The highest BCUT2D eigenvalue weighted by Crippen LogP contribution is 2.43. The first kappa shape index (κ1) is 20.7. The van der Waals surface area contributed by atoms with Gasteiger partial charge in [-0.3, -0.25) is 4.98 Å². The second-order valence-electron chi connectivity index (χ2n) is 7.61. The molecule has 1 N–H and O–H groups in total. The van der Waals surface area contributed by atoms with Gasteiger partial charge < -0.3 is 14.6 Å². The standard InChI is InChI=1S/C25H19ClFN3OS/c1-15-9-10-16(26)14-17(15)21-11-12-22(31-21)24-23(19-7-4-5-13-28-19)29-25(32)30(24)20-8-3-2-6-18(20)27/h2-14,23-24H,1H3,(H,29,32)/t23-,24-/m1/s1. The van der Waals surface area contributed by atoms with Crippen molar-refractivity contribution in [2.24, 2.45) is 0 Å². The van der Waals surface area contributed by atoms with Gasteiger partial charge in [-0.1, -0.05) is 35.9 Å². The normalized spacial score (nSPS) is 18.1. The second-order valence-corrected chi connectivity index (χ2v) is 8.43. The first-order valence-electron chi connectivity index (χ1n) is 10.1. The van der Waals surface area contributed by atoms with Gasteiger partial charge in [-0.25, -0.2) is 4.39 Å². The van der Waals surface area contributed by atoms with Crippen molar-refractivity contribution in [1.82, 2.24) is 10.3 Å². The van der Waals surface area contributed by atoms with Crippen LogP contribution >= 0.6 is 23.8 Å². The van der Waals surface area contributed by atoms with E-state index >= 15 is 0 Å². The van der Waals surface area contributed by atoms with Crippen LogP contribution in [0.4, 0.5) is 10.1 Å². The average Bonchev–Trinajstić information content (AvgIpc) is 3.41. The van der Waals surface area contributed by atoms with Crippen LogP contribution in [0.25, 0.3) is 11.3 Å². The molecule has 4 aromatic rings. The molecule has 7 heteroatoms. The topological polar surface area (TPSA) is 41.3 Å². The maximum absolute atomic E-state index is 14.8. The van der Waals surface area contributed by atoms with Crippen LogP contribution in [-0.4, -0.2) is 10.1 Å².